The van der Waals surface area contributed by atoms with E-state index in [2.05, 4.69) is 4.98 Å². The first-order valence-corrected chi connectivity index (χ1v) is 8.28. The van der Waals surface area contributed by atoms with Crippen molar-refractivity contribution >= 4 is 10.9 Å². The van der Waals surface area contributed by atoms with Crippen molar-refractivity contribution in [3.05, 3.63) is 30.3 Å². The monoisotopic (exact) mass is 373 g/mol. The standard InChI is InChI=1S/C20H23NO6/c1-22-11-27-19-13-10-15(21-14(13)6-7-16(19)23-2)12-8-17(24-3)20(26-5)18(9-12)25-4/h6-10,21H,11H2,1-5H3. The lowest BCUT2D eigenvalue weighted by atomic mass is 10.1. The summed E-state index contributed by atoms with van der Waals surface area (Å²) in [6.07, 6.45) is 0. The topological polar surface area (TPSA) is 71.2 Å². The van der Waals surface area contributed by atoms with Crippen LogP contribution in [-0.4, -0.2) is 47.3 Å². The van der Waals surface area contributed by atoms with E-state index in [0.29, 0.717) is 28.7 Å². The Morgan fingerprint density at radius 3 is 1.96 bits per heavy atom. The summed E-state index contributed by atoms with van der Waals surface area (Å²) in [6, 6.07) is 9.56. The second kappa shape index (κ2) is 8.09. The van der Waals surface area contributed by atoms with Gasteiger partial charge in [-0.15, -0.1) is 0 Å². The number of aromatic amines is 1. The molecule has 3 rings (SSSR count). The molecule has 0 aliphatic rings. The summed E-state index contributed by atoms with van der Waals surface area (Å²) in [6.45, 7) is 0.125. The first kappa shape index (κ1) is 18.7. The molecule has 0 radical (unpaired) electrons. The van der Waals surface area contributed by atoms with Crippen molar-refractivity contribution < 1.29 is 28.4 Å². The maximum Gasteiger partial charge on any atom is 0.203 e. The SMILES string of the molecule is COCOc1c(OC)ccc2[nH]c(-c3cc(OC)c(OC)c(OC)c3)cc12. The summed E-state index contributed by atoms with van der Waals surface area (Å²) < 4.78 is 32.5. The summed E-state index contributed by atoms with van der Waals surface area (Å²) in [5, 5.41) is 0.884. The normalized spacial score (nSPS) is 10.7. The summed E-state index contributed by atoms with van der Waals surface area (Å²) in [4.78, 5) is 3.39. The van der Waals surface area contributed by atoms with Crippen LogP contribution in [0.3, 0.4) is 0 Å². The second-order valence-electron chi connectivity index (χ2n) is 5.71. The molecule has 0 saturated carbocycles. The van der Waals surface area contributed by atoms with E-state index in [4.69, 9.17) is 28.4 Å². The van der Waals surface area contributed by atoms with Gasteiger partial charge >= 0.3 is 0 Å². The number of hydrogen-bond acceptors (Lipinski definition) is 6. The molecule has 0 fully saturated rings. The maximum absolute atomic E-state index is 5.73. The van der Waals surface area contributed by atoms with Crippen LogP contribution in [0, 0.1) is 0 Å². The van der Waals surface area contributed by atoms with Crippen LogP contribution in [0.25, 0.3) is 22.2 Å². The van der Waals surface area contributed by atoms with Gasteiger partial charge in [-0.05, 0) is 30.3 Å². The van der Waals surface area contributed by atoms with Gasteiger partial charge in [-0.2, -0.15) is 0 Å². The molecule has 0 atom stereocenters. The number of benzene rings is 2. The molecule has 7 heteroatoms. The highest BCUT2D eigenvalue weighted by molar-refractivity contribution is 5.93. The third kappa shape index (κ3) is 3.46. The van der Waals surface area contributed by atoms with Gasteiger partial charge in [0.2, 0.25) is 5.75 Å². The summed E-state index contributed by atoms with van der Waals surface area (Å²) in [7, 11) is 7.94. The summed E-state index contributed by atoms with van der Waals surface area (Å²) in [5.74, 6) is 2.96. The van der Waals surface area contributed by atoms with Crippen molar-refractivity contribution in [1.29, 1.82) is 0 Å². The fourth-order valence-corrected chi connectivity index (χ4v) is 2.98. The van der Waals surface area contributed by atoms with E-state index in [9.17, 15) is 0 Å². The van der Waals surface area contributed by atoms with Crippen LogP contribution >= 0.6 is 0 Å². The zero-order chi connectivity index (χ0) is 19.4. The Bertz CT molecular complexity index is 909. The highest BCUT2D eigenvalue weighted by atomic mass is 16.7. The molecule has 0 spiro atoms. The van der Waals surface area contributed by atoms with Crippen molar-refractivity contribution in [1.82, 2.24) is 4.98 Å². The number of rotatable bonds is 8. The molecule has 1 N–H and O–H groups in total. The van der Waals surface area contributed by atoms with Crippen molar-refractivity contribution in [3.63, 3.8) is 0 Å². The first-order chi connectivity index (χ1) is 13.2. The molecule has 7 nitrogen and oxygen atoms in total. The molecular formula is C20H23NO6. The van der Waals surface area contributed by atoms with Crippen LogP contribution in [0.15, 0.2) is 30.3 Å². The highest BCUT2D eigenvalue weighted by Crippen LogP contribution is 2.43. The molecule has 0 saturated heterocycles. The molecule has 1 heterocycles. The van der Waals surface area contributed by atoms with Gasteiger partial charge < -0.3 is 33.4 Å². The lowest BCUT2D eigenvalue weighted by molar-refractivity contribution is 0.0503. The third-order valence-corrected chi connectivity index (χ3v) is 4.23. The Morgan fingerprint density at radius 1 is 0.741 bits per heavy atom. The Morgan fingerprint density at radius 2 is 1.41 bits per heavy atom. The number of hydrogen-bond donors (Lipinski definition) is 1. The van der Waals surface area contributed by atoms with Crippen LogP contribution in [-0.2, 0) is 4.74 Å². The van der Waals surface area contributed by atoms with Gasteiger partial charge in [0, 0.05) is 29.3 Å². The fraction of sp³-hybridized carbons (Fsp3) is 0.300. The molecule has 2 aromatic carbocycles. The zero-order valence-corrected chi connectivity index (χ0v) is 16.0. The molecule has 0 unspecified atom stereocenters. The minimum atomic E-state index is 0.125. The Balaban J connectivity index is 2.15. The lowest BCUT2D eigenvalue weighted by Crippen LogP contribution is -2.00. The number of ether oxygens (including phenoxy) is 6. The molecule has 0 aliphatic carbocycles. The van der Waals surface area contributed by atoms with E-state index < -0.39 is 0 Å². The largest absolute Gasteiger partial charge is 0.493 e. The molecule has 0 bridgehead atoms. The van der Waals surface area contributed by atoms with Gasteiger partial charge in [-0.1, -0.05) is 0 Å². The van der Waals surface area contributed by atoms with Gasteiger partial charge in [-0.3, -0.25) is 0 Å². The van der Waals surface area contributed by atoms with E-state index in [1.807, 2.05) is 30.3 Å². The molecule has 144 valence electrons. The number of fused-ring (bicyclic) bond motifs is 1. The number of aromatic nitrogens is 1. The average Bonchev–Trinajstić information content (AvgIpc) is 3.15. The quantitative estimate of drug-likeness (QED) is 0.605. The van der Waals surface area contributed by atoms with Crippen molar-refractivity contribution in [2.45, 2.75) is 0 Å². The van der Waals surface area contributed by atoms with Gasteiger partial charge in [0.1, 0.15) is 0 Å². The minimum Gasteiger partial charge on any atom is -0.493 e. The number of nitrogens with one attached hydrogen (secondary N) is 1. The van der Waals surface area contributed by atoms with E-state index in [1.54, 1.807) is 35.5 Å². The van der Waals surface area contributed by atoms with Crippen LogP contribution in [0.2, 0.25) is 0 Å². The molecular weight excluding hydrogens is 350 g/mol. The van der Waals surface area contributed by atoms with Crippen molar-refractivity contribution in [2.75, 3.05) is 42.3 Å². The summed E-state index contributed by atoms with van der Waals surface area (Å²) in [5.41, 5.74) is 2.67. The van der Waals surface area contributed by atoms with Crippen LogP contribution < -0.4 is 23.7 Å². The van der Waals surface area contributed by atoms with E-state index >= 15 is 0 Å². The molecule has 27 heavy (non-hydrogen) atoms. The van der Waals surface area contributed by atoms with Crippen LogP contribution in [0.4, 0.5) is 0 Å². The Kier molecular flexibility index (Phi) is 5.61. The van der Waals surface area contributed by atoms with Gasteiger partial charge in [-0.25, -0.2) is 0 Å². The second-order valence-corrected chi connectivity index (χ2v) is 5.71. The predicted octanol–water partition coefficient (Wildman–Crippen LogP) is 3.85. The van der Waals surface area contributed by atoms with E-state index in [1.165, 1.54) is 0 Å². The third-order valence-electron chi connectivity index (χ3n) is 4.23. The molecule has 3 aromatic rings. The zero-order valence-electron chi connectivity index (χ0n) is 16.0. The van der Waals surface area contributed by atoms with Gasteiger partial charge in [0.15, 0.2) is 29.8 Å². The van der Waals surface area contributed by atoms with Crippen molar-refractivity contribution in [3.8, 4) is 40.0 Å². The van der Waals surface area contributed by atoms with Crippen LogP contribution in [0.1, 0.15) is 0 Å². The Hall–Kier alpha value is -3.06. The number of methoxy groups -OCH3 is 5. The first-order valence-electron chi connectivity index (χ1n) is 8.28. The highest BCUT2D eigenvalue weighted by Gasteiger charge is 2.17. The van der Waals surface area contributed by atoms with E-state index in [0.717, 1.165) is 22.2 Å². The van der Waals surface area contributed by atoms with Crippen molar-refractivity contribution in [2.24, 2.45) is 0 Å². The molecule has 0 aliphatic heterocycles. The summed E-state index contributed by atoms with van der Waals surface area (Å²) >= 11 is 0. The predicted molar refractivity (Wildman–Crippen MR) is 102 cm³/mol. The minimum absolute atomic E-state index is 0.125. The lowest BCUT2D eigenvalue weighted by Gasteiger charge is -2.13. The van der Waals surface area contributed by atoms with Gasteiger partial charge in [0.25, 0.3) is 0 Å². The van der Waals surface area contributed by atoms with Gasteiger partial charge in [0.05, 0.1) is 28.4 Å². The maximum atomic E-state index is 5.73. The molecule has 0 amide bonds. The molecule has 1 aromatic heterocycles. The number of H-pyrrole nitrogens is 1. The van der Waals surface area contributed by atoms with Crippen LogP contribution in [0.5, 0.6) is 28.7 Å². The smallest absolute Gasteiger partial charge is 0.203 e. The van der Waals surface area contributed by atoms with E-state index in [-0.39, 0.29) is 6.79 Å². The Labute approximate surface area is 157 Å². The fourth-order valence-electron chi connectivity index (χ4n) is 2.98. The average molecular weight is 373 g/mol.